The van der Waals surface area contributed by atoms with Crippen LogP contribution in [0, 0.1) is 0 Å². The summed E-state index contributed by atoms with van der Waals surface area (Å²) in [5, 5.41) is 0.913. The highest BCUT2D eigenvalue weighted by molar-refractivity contribution is 6.35. The van der Waals surface area contributed by atoms with Crippen LogP contribution < -0.4 is 5.56 Å². The van der Waals surface area contributed by atoms with Gasteiger partial charge in [0.05, 0.1) is 26.9 Å². The van der Waals surface area contributed by atoms with Crippen LogP contribution in [0.15, 0.2) is 41.5 Å². The molecule has 5 nitrogen and oxygen atoms in total. The molecule has 3 aromatic rings. The monoisotopic (exact) mass is 454 g/mol. The fourth-order valence-electron chi connectivity index (χ4n) is 3.38. The number of alkyl halides is 3. The first kappa shape index (κ1) is 20.8. The molecule has 0 atom stereocenters. The lowest BCUT2D eigenvalue weighted by molar-refractivity contribution is -0.137. The first-order valence-electron chi connectivity index (χ1n) is 9.02. The molecule has 1 aromatic carbocycles. The van der Waals surface area contributed by atoms with Crippen LogP contribution in [-0.4, -0.2) is 26.4 Å². The Hall–Kier alpha value is -2.42. The summed E-state index contributed by atoms with van der Waals surface area (Å²) in [5.41, 5.74) is 1.25. The average Bonchev–Trinajstić information content (AvgIpc) is 2.70. The van der Waals surface area contributed by atoms with Crippen molar-refractivity contribution >= 4 is 23.2 Å². The average molecular weight is 455 g/mol. The maximum Gasteiger partial charge on any atom is 0.416 e. The SMILES string of the molecule is O=c1[nH]c(-c2ccc(C(F)(F)F)cc2)nc2c1CN(Cc1c(Cl)cncc1Cl)CC2. The van der Waals surface area contributed by atoms with Crippen molar-refractivity contribution in [1.82, 2.24) is 19.9 Å². The van der Waals surface area contributed by atoms with Gasteiger partial charge in [-0.1, -0.05) is 35.3 Å². The maximum atomic E-state index is 12.8. The van der Waals surface area contributed by atoms with E-state index in [-0.39, 0.29) is 11.4 Å². The first-order chi connectivity index (χ1) is 14.2. The van der Waals surface area contributed by atoms with Gasteiger partial charge in [-0.3, -0.25) is 14.7 Å². The van der Waals surface area contributed by atoms with Crippen molar-refractivity contribution in [2.75, 3.05) is 6.54 Å². The van der Waals surface area contributed by atoms with Gasteiger partial charge >= 0.3 is 6.18 Å². The largest absolute Gasteiger partial charge is 0.416 e. The van der Waals surface area contributed by atoms with Crippen LogP contribution in [-0.2, 0) is 25.7 Å². The molecular weight excluding hydrogens is 440 g/mol. The first-order valence-corrected chi connectivity index (χ1v) is 9.78. The van der Waals surface area contributed by atoms with E-state index in [0.29, 0.717) is 52.9 Å². The number of nitrogens with one attached hydrogen (secondary N) is 1. The van der Waals surface area contributed by atoms with Gasteiger partial charge in [0.15, 0.2) is 0 Å². The molecule has 0 radical (unpaired) electrons. The number of nitrogens with zero attached hydrogens (tertiary/aromatic N) is 3. The van der Waals surface area contributed by atoms with Gasteiger partial charge in [-0.2, -0.15) is 13.2 Å². The number of H-pyrrole nitrogens is 1. The summed E-state index contributed by atoms with van der Waals surface area (Å²) >= 11 is 12.4. The van der Waals surface area contributed by atoms with Gasteiger partial charge in [-0.15, -0.1) is 0 Å². The van der Waals surface area contributed by atoms with Crippen LogP contribution in [0.3, 0.4) is 0 Å². The van der Waals surface area contributed by atoms with E-state index >= 15 is 0 Å². The standard InChI is InChI=1S/C20H15Cl2F3N4O/c21-15-7-26-8-16(22)13(15)9-29-6-5-17-14(10-29)19(30)28-18(27-17)11-1-3-12(4-2-11)20(23,24)25/h1-4,7-8H,5-6,9-10H2,(H,27,28,30). The van der Waals surface area contributed by atoms with Crippen LogP contribution in [0.4, 0.5) is 13.2 Å². The predicted octanol–water partition coefficient (Wildman–Crippen LogP) is 4.72. The summed E-state index contributed by atoms with van der Waals surface area (Å²) in [5.74, 6) is 0.251. The number of pyridine rings is 1. The van der Waals surface area contributed by atoms with E-state index < -0.39 is 11.7 Å². The molecule has 0 unspecified atom stereocenters. The lowest BCUT2D eigenvalue weighted by Crippen LogP contribution is -2.35. The second kappa shape index (κ2) is 8.02. The Morgan fingerprint density at radius 2 is 1.77 bits per heavy atom. The fraction of sp³-hybridized carbons (Fsp3) is 0.250. The number of hydrogen-bond donors (Lipinski definition) is 1. The summed E-state index contributed by atoms with van der Waals surface area (Å²) < 4.78 is 38.3. The highest BCUT2D eigenvalue weighted by Crippen LogP contribution is 2.31. The van der Waals surface area contributed by atoms with Crippen molar-refractivity contribution in [2.24, 2.45) is 0 Å². The number of aromatic nitrogens is 3. The molecule has 0 aliphatic carbocycles. The van der Waals surface area contributed by atoms with Gasteiger partial charge in [0, 0.05) is 49.6 Å². The molecule has 10 heteroatoms. The molecule has 156 valence electrons. The van der Waals surface area contributed by atoms with Crippen molar-refractivity contribution in [2.45, 2.75) is 25.7 Å². The molecule has 2 aromatic heterocycles. The Morgan fingerprint density at radius 1 is 1.10 bits per heavy atom. The third-order valence-corrected chi connectivity index (χ3v) is 5.62. The molecule has 30 heavy (non-hydrogen) atoms. The van der Waals surface area contributed by atoms with Gasteiger partial charge < -0.3 is 4.98 Å². The van der Waals surface area contributed by atoms with Gasteiger partial charge in [-0.25, -0.2) is 4.98 Å². The van der Waals surface area contributed by atoms with Crippen LogP contribution >= 0.6 is 23.2 Å². The Balaban J connectivity index is 1.58. The zero-order valence-corrected chi connectivity index (χ0v) is 16.9. The molecule has 0 spiro atoms. The summed E-state index contributed by atoms with van der Waals surface area (Å²) in [6.45, 7) is 1.45. The van der Waals surface area contributed by atoms with Gasteiger partial charge in [0.2, 0.25) is 0 Å². The third-order valence-electron chi connectivity index (χ3n) is 4.97. The number of halogens is 5. The summed E-state index contributed by atoms with van der Waals surface area (Å²) in [6, 6.07) is 4.55. The highest BCUT2D eigenvalue weighted by atomic mass is 35.5. The Morgan fingerprint density at radius 3 is 2.40 bits per heavy atom. The quantitative estimate of drug-likeness (QED) is 0.621. The molecule has 0 fully saturated rings. The molecule has 3 heterocycles. The smallest absolute Gasteiger partial charge is 0.306 e. The molecular formula is C20H15Cl2F3N4O. The minimum absolute atomic E-state index is 0.251. The Kier molecular flexibility index (Phi) is 5.57. The van der Waals surface area contributed by atoms with E-state index in [0.717, 1.165) is 17.7 Å². The normalized spacial score (nSPS) is 14.6. The van der Waals surface area contributed by atoms with Crippen molar-refractivity contribution < 1.29 is 13.2 Å². The van der Waals surface area contributed by atoms with Crippen LogP contribution in [0.2, 0.25) is 10.0 Å². The zero-order valence-electron chi connectivity index (χ0n) is 15.4. The maximum absolute atomic E-state index is 12.8. The van der Waals surface area contributed by atoms with E-state index in [1.165, 1.54) is 24.5 Å². The zero-order chi connectivity index (χ0) is 21.5. The highest BCUT2D eigenvalue weighted by Gasteiger charge is 2.30. The molecule has 0 bridgehead atoms. The van der Waals surface area contributed by atoms with E-state index in [1.54, 1.807) is 0 Å². The van der Waals surface area contributed by atoms with Crippen LogP contribution in [0.5, 0.6) is 0 Å². The lowest BCUT2D eigenvalue weighted by atomic mass is 10.1. The van der Waals surface area contributed by atoms with Crippen molar-refractivity contribution in [1.29, 1.82) is 0 Å². The molecule has 1 N–H and O–H groups in total. The number of fused-ring (bicyclic) bond motifs is 1. The minimum atomic E-state index is -4.42. The van der Waals surface area contributed by atoms with Gasteiger partial charge in [0.25, 0.3) is 5.56 Å². The number of rotatable bonds is 3. The van der Waals surface area contributed by atoms with Crippen LogP contribution in [0.1, 0.15) is 22.4 Å². The molecule has 1 aliphatic heterocycles. The number of hydrogen-bond acceptors (Lipinski definition) is 4. The Labute approximate surface area is 179 Å². The lowest BCUT2D eigenvalue weighted by Gasteiger charge is -2.28. The second-order valence-electron chi connectivity index (χ2n) is 6.96. The molecule has 0 saturated heterocycles. The van der Waals surface area contributed by atoms with Crippen LogP contribution in [0.25, 0.3) is 11.4 Å². The molecule has 1 aliphatic rings. The summed E-state index contributed by atoms with van der Waals surface area (Å²) in [6.07, 6.45) is -0.858. The van der Waals surface area contributed by atoms with E-state index in [2.05, 4.69) is 15.0 Å². The van der Waals surface area contributed by atoms with E-state index in [9.17, 15) is 18.0 Å². The molecule has 0 amide bonds. The minimum Gasteiger partial charge on any atom is -0.306 e. The second-order valence-corrected chi connectivity index (χ2v) is 7.77. The molecule has 0 saturated carbocycles. The summed E-state index contributed by atoms with van der Waals surface area (Å²) in [4.78, 5) is 25.8. The van der Waals surface area contributed by atoms with Gasteiger partial charge in [0.1, 0.15) is 5.82 Å². The van der Waals surface area contributed by atoms with Gasteiger partial charge in [-0.05, 0) is 12.1 Å². The van der Waals surface area contributed by atoms with Crippen molar-refractivity contribution in [3.8, 4) is 11.4 Å². The van der Waals surface area contributed by atoms with Crippen molar-refractivity contribution in [3.63, 3.8) is 0 Å². The van der Waals surface area contributed by atoms with E-state index in [1.807, 2.05) is 4.90 Å². The van der Waals surface area contributed by atoms with E-state index in [4.69, 9.17) is 23.2 Å². The number of benzene rings is 1. The Bertz CT molecular complexity index is 1130. The summed E-state index contributed by atoms with van der Waals surface area (Å²) in [7, 11) is 0. The topological polar surface area (TPSA) is 61.9 Å². The third kappa shape index (κ3) is 4.21. The van der Waals surface area contributed by atoms with Crippen molar-refractivity contribution in [3.05, 3.63) is 79.4 Å². The predicted molar refractivity (Wildman–Crippen MR) is 107 cm³/mol. The number of aromatic amines is 1. The fourth-order valence-corrected chi connectivity index (χ4v) is 3.87. The molecule has 4 rings (SSSR count).